The maximum atomic E-state index is 13.3. The van der Waals surface area contributed by atoms with Crippen LogP contribution in [0.4, 0.5) is 0 Å². The third-order valence-corrected chi connectivity index (χ3v) is 6.15. The molecule has 0 bridgehead atoms. The lowest BCUT2D eigenvalue weighted by atomic mass is 10.0. The van der Waals surface area contributed by atoms with Gasteiger partial charge in [-0.1, -0.05) is 60.7 Å². The van der Waals surface area contributed by atoms with Gasteiger partial charge in [0.15, 0.2) is 0 Å². The zero-order chi connectivity index (χ0) is 21.8. The van der Waals surface area contributed by atoms with Gasteiger partial charge in [0.1, 0.15) is 6.04 Å². The molecule has 1 atom stereocenters. The van der Waals surface area contributed by atoms with Crippen LogP contribution in [0, 0.1) is 6.92 Å². The molecule has 0 aliphatic heterocycles. The van der Waals surface area contributed by atoms with Crippen LogP contribution in [0.2, 0.25) is 0 Å². The van der Waals surface area contributed by atoms with Crippen LogP contribution in [-0.4, -0.2) is 34.1 Å². The molecule has 1 unspecified atom stereocenters. The number of aromatic nitrogens is 1. The van der Waals surface area contributed by atoms with Gasteiger partial charge in [0.2, 0.25) is 5.78 Å². The number of aryl methyl sites for hydroxylation is 1. The molecule has 0 spiro atoms. The Balaban J connectivity index is 1.59. The third-order valence-electron chi connectivity index (χ3n) is 5.17. The molecule has 1 aliphatic carbocycles. The molecule has 2 N–H and O–H groups in total. The number of amides is 2. The highest BCUT2D eigenvalue weighted by Crippen LogP contribution is 2.30. The van der Waals surface area contributed by atoms with E-state index in [2.05, 4.69) is 15.0 Å². The fourth-order valence-corrected chi connectivity index (χ4v) is 4.25. The minimum atomic E-state index is -0.962. The zero-order valence-electron chi connectivity index (χ0n) is 17.1. The largest absolute Gasteiger partial charge is 0.347 e. The van der Waals surface area contributed by atoms with Gasteiger partial charge in [0, 0.05) is 12.5 Å². The van der Waals surface area contributed by atoms with E-state index >= 15 is 0 Å². The van der Waals surface area contributed by atoms with Crippen molar-refractivity contribution in [3.05, 3.63) is 77.5 Å². The maximum absolute atomic E-state index is 13.3. The molecule has 6 nitrogen and oxygen atoms in total. The number of Topliss-reactive ketones (excluding diaryl/α,β-unsaturated/α-hetero) is 1. The molecule has 4 rings (SSSR count). The Morgan fingerprint density at radius 2 is 1.68 bits per heavy atom. The summed E-state index contributed by atoms with van der Waals surface area (Å²) in [7, 11) is 0. The Morgan fingerprint density at radius 3 is 2.32 bits per heavy atom. The van der Waals surface area contributed by atoms with Crippen LogP contribution in [-0.2, 0) is 16.0 Å². The van der Waals surface area contributed by atoms with Crippen LogP contribution in [0.3, 0.4) is 0 Å². The summed E-state index contributed by atoms with van der Waals surface area (Å²) in [6, 6.07) is 18.0. The van der Waals surface area contributed by atoms with Crippen molar-refractivity contribution in [2.45, 2.75) is 38.3 Å². The summed E-state index contributed by atoms with van der Waals surface area (Å²) < 4.78 is 4.35. The lowest BCUT2D eigenvalue weighted by molar-refractivity contribution is -0.139. The molecule has 1 saturated carbocycles. The summed E-state index contributed by atoms with van der Waals surface area (Å²) in [4.78, 5) is 39.3. The first-order chi connectivity index (χ1) is 15.0. The molecule has 2 amide bonds. The van der Waals surface area contributed by atoms with Gasteiger partial charge in [-0.2, -0.15) is 4.37 Å². The van der Waals surface area contributed by atoms with Crippen molar-refractivity contribution >= 4 is 29.1 Å². The first-order valence-corrected chi connectivity index (χ1v) is 11.0. The number of nitrogens with one attached hydrogen (secondary N) is 2. The predicted molar refractivity (Wildman–Crippen MR) is 120 cm³/mol. The monoisotopic (exact) mass is 433 g/mol. The van der Waals surface area contributed by atoms with E-state index in [9.17, 15) is 14.4 Å². The molecule has 3 aromatic rings. The van der Waals surface area contributed by atoms with Crippen molar-refractivity contribution in [3.8, 4) is 10.4 Å². The van der Waals surface area contributed by atoms with Crippen LogP contribution in [0.15, 0.2) is 60.7 Å². The van der Waals surface area contributed by atoms with Crippen LogP contribution in [0.25, 0.3) is 10.4 Å². The summed E-state index contributed by atoms with van der Waals surface area (Å²) in [5.74, 6) is -1.68. The van der Waals surface area contributed by atoms with Gasteiger partial charge in [-0.05, 0) is 42.4 Å². The normalized spacial score (nSPS) is 14.0. The molecule has 158 valence electrons. The summed E-state index contributed by atoms with van der Waals surface area (Å²) in [6.07, 6.45) is 2.00. The Kier molecular flexibility index (Phi) is 6.23. The molecular weight excluding hydrogens is 410 g/mol. The molecule has 1 heterocycles. The SMILES string of the molecule is Cc1nsc(-c2ccccc2)c1C(=O)NC(Cc1ccccc1)C(=O)C(=O)NC1CC1. The number of hydrogen-bond acceptors (Lipinski definition) is 5. The second-order valence-electron chi connectivity index (χ2n) is 7.67. The quantitative estimate of drug-likeness (QED) is 0.534. The molecular formula is C24H23N3O3S. The highest BCUT2D eigenvalue weighted by Gasteiger charge is 2.32. The number of carbonyl (C=O) groups excluding carboxylic acids is 3. The summed E-state index contributed by atoms with van der Waals surface area (Å²) in [5.41, 5.74) is 2.78. The van der Waals surface area contributed by atoms with Crippen LogP contribution in [0.1, 0.15) is 34.5 Å². The topological polar surface area (TPSA) is 88.2 Å². The summed E-state index contributed by atoms with van der Waals surface area (Å²) in [6.45, 7) is 1.77. The molecule has 2 aromatic carbocycles. The molecule has 1 aliphatic rings. The van der Waals surface area contributed by atoms with E-state index in [1.165, 1.54) is 11.5 Å². The Bertz CT molecular complexity index is 1090. The van der Waals surface area contributed by atoms with E-state index < -0.39 is 23.6 Å². The second kappa shape index (κ2) is 9.22. The number of benzene rings is 2. The molecule has 1 aromatic heterocycles. The average Bonchev–Trinajstić information content (AvgIpc) is 3.52. The van der Waals surface area contributed by atoms with Gasteiger partial charge in [-0.3, -0.25) is 14.4 Å². The van der Waals surface area contributed by atoms with Gasteiger partial charge in [-0.25, -0.2) is 0 Å². The summed E-state index contributed by atoms with van der Waals surface area (Å²) in [5, 5.41) is 5.54. The lowest BCUT2D eigenvalue weighted by Gasteiger charge is -2.18. The Labute approximate surface area is 184 Å². The van der Waals surface area contributed by atoms with Crippen molar-refractivity contribution in [3.63, 3.8) is 0 Å². The first-order valence-electron chi connectivity index (χ1n) is 10.2. The average molecular weight is 434 g/mol. The van der Waals surface area contributed by atoms with Crippen LogP contribution < -0.4 is 10.6 Å². The molecule has 1 fully saturated rings. The fourth-order valence-electron chi connectivity index (χ4n) is 3.36. The molecule has 0 radical (unpaired) electrons. The minimum Gasteiger partial charge on any atom is -0.347 e. The van der Waals surface area contributed by atoms with Gasteiger partial charge in [-0.15, -0.1) is 0 Å². The smallest absolute Gasteiger partial charge is 0.289 e. The van der Waals surface area contributed by atoms with Crippen molar-refractivity contribution in [1.82, 2.24) is 15.0 Å². The summed E-state index contributed by atoms with van der Waals surface area (Å²) >= 11 is 1.24. The van der Waals surface area contributed by atoms with E-state index in [1.54, 1.807) is 6.92 Å². The van der Waals surface area contributed by atoms with Gasteiger partial charge in [0.05, 0.1) is 16.1 Å². The standard InChI is InChI=1S/C24H23N3O3S/c1-15-20(22(31-27-15)17-10-6-3-7-11-17)23(29)26-19(14-16-8-4-2-5-9-16)21(28)24(30)25-18-12-13-18/h2-11,18-19H,12-14H2,1H3,(H,25,30)(H,26,29). The molecule has 7 heteroatoms. The van der Waals surface area contributed by atoms with E-state index in [-0.39, 0.29) is 12.5 Å². The fraction of sp³-hybridized carbons (Fsp3) is 0.250. The third kappa shape index (κ3) is 5.06. The van der Waals surface area contributed by atoms with Gasteiger partial charge in [0.25, 0.3) is 11.8 Å². The maximum Gasteiger partial charge on any atom is 0.289 e. The van der Waals surface area contributed by atoms with Gasteiger partial charge < -0.3 is 10.6 Å². The number of carbonyl (C=O) groups is 3. The first kappa shape index (κ1) is 20.9. The molecule has 0 saturated heterocycles. The number of ketones is 1. The zero-order valence-corrected chi connectivity index (χ0v) is 17.9. The minimum absolute atomic E-state index is 0.0672. The van der Waals surface area contributed by atoms with Crippen LogP contribution in [0.5, 0.6) is 0 Å². The van der Waals surface area contributed by atoms with Crippen molar-refractivity contribution in [2.24, 2.45) is 0 Å². The van der Waals surface area contributed by atoms with Crippen LogP contribution >= 0.6 is 11.5 Å². The lowest BCUT2D eigenvalue weighted by Crippen LogP contribution is -2.49. The second-order valence-corrected chi connectivity index (χ2v) is 8.44. The van der Waals surface area contributed by atoms with Crippen molar-refractivity contribution in [1.29, 1.82) is 0 Å². The van der Waals surface area contributed by atoms with Gasteiger partial charge >= 0.3 is 0 Å². The van der Waals surface area contributed by atoms with Crippen molar-refractivity contribution < 1.29 is 14.4 Å². The van der Waals surface area contributed by atoms with E-state index in [0.29, 0.717) is 11.3 Å². The van der Waals surface area contributed by atoms with E-state index in [1.807, 2.05) is 60.7 Å². The highest BCUT2D eigenvalue weighted by molar-refractivity contribution is 7.10. The predicted octanol–water partition coefficient (Wildman–Crippen LogP) is 3.31. The Morgan fingerprint density at radius 1 is 1.03 bits per heavy atom. The number of hydrogen-bond donors (Lipinski definition) is 2. The molecule has 31 heavy (non-hydrogen) atoms. The van der Waals surface area contributed by atoms with E-state index in [0.717, 1.165) is 28.8 Å². The highest BCUT2D eigenvalue weighted by atomic mass is 32.1. The van der Waals surface area contributed by atoms with E-state index in [4.69, 9.17) is 0 Å². The van der Waals surface area contributed by atoms with Crippen molar-refractivity contribution in [2.75, 3.05) is 0 Å². The Hall–Kier alpha value is -3.32. The number of rotatable bonds is 8. The number of nitrogens with zero attached hydrogens (tertiary/aromatic N) is 1.